The van der Waals surface area contributed by atoms with E-state index in [9.17, 15) is 4.39 Å². The molecule has 1 N–H and O–H groups in total. The first-order valence-electron chi connectivity index (χ1n) is 5.38. The minimum Gasteiger partial charge on any atom is -0.381 e. The summed E-state index contributed by atoms with van der Waals surface area (Å²) in [6, 6.07) is 0. The highest BCUT2D eigenvalue weighted by atomic mass is 19.1. The van der Waals surface area contributed by atoms with Gasteiger partial charge in [-0.15, -0.1) is 0 Å². The molecule has 4 nitrogen and oxygen atoms in total. The largest absolute Gasteiger partial charge is 0.381 e. The molecule has 1 heterocycles. The lowest BCUT2D eigenvalue weighted by molar-refractivity contribution is 0.117. The van der Waals surface area contributed by atoms with E-state index in [0.717, 1.165) is 0 Å². The monoisotopic (exact) mass is 227 g/mol. The van der Waals surface area contributed by atoms with Crippen LogP contribution in [0.15, 0.2) is 0 Å². The summed E-state index contributed by atoms with van der Waals surface area (Å²) in [5.41, 5.74) is 0.365. The van der Waals surface area contributed by atoms with Crippen molar-refractivity contribution >= 4 is 5.82 Å². The third-order valence-corrected chi connectivity index (χ3v) is 2.28. The third-order valence-electron chi connectivity index (χ3n) is 2.28. The Morgan fingerprint density at radius 2 is 2.12 bits per heavy atom. The van der Waals surface area contributed by atoms with Crippen LogP contribution in [-0.2, 0) is 11.2 Å². The number of hydrogen-bond donors (Lipinski definition) is 1. The van der Waals surface area contributed by atoms with Crippen molar-refractivity contribution in [3.05, 3.63) is 17.3 Å². The van der Waals surface area contributed by atoms with Crippen LogP contribution >= 0.6 is 0 Å². The van der Waals surface area contributed by atoms with Gasteiger partial charge in [-0.3, -0.25) is 0 Å². The summed E-state index contributed by atoms with van der Waals surface area (Å²) in [6.07, 6.45) is 0.607. The molecule has 16 heavy (non-hydrogen) atoms. The number of halogens is 1. The maximum absolute atomic E-state index is 13.6. The van der Waals surface area contributed by atoms with Crippen LogP contribution in [0.3, 0.4) is 0 Å². The van der Waals surface area contributed by atoms with Crippen LogP contribution in [0.2, 0.25) is 0 Å². The molecule has 0 saturated heterocycles. The molecule has 0 amide bonds. The fourth-order valence-corrected chi connectivity index (χ4v) is 1.33. The quantitative estimate of drug-likeness (QED) is 0.835. The van der Waals surface area contributed by atoms with Crippen LogP contribution in [0.4, 0.5) is 10.2 Å². The maximum Gasteiger partial charge on any atom is 0.186 e. The van der Waals surface area contributed by atoms with Crippen molar-refractivity contribution in [2.45, 2.75) is 33.3 Å². The number of nitrogens with zero attached hydrogens (tertiary/aromatic N) is 2. The molecule has 0 spiro atoms. The number of methoxy groups -OCH3 is 1. The minimum atomic E-state index is -0.379. The number of hydrogen-bond acceptors (Lipinski definition) is 4. The van der Waals surface area contributed by atoms with Crippen molar-refractivity contribution in [1.82, 2.24) is 9.97 Å². The van der Waals surface area contributed by atoms with Gasteiger partial charge in [-0.1, -0.05) is 0 Å². The van der Waals surface area contributed by atoms with Crippen LogP contribution in [0.1, 0.15) is 25.4 Å². The van der Waals surface area contributed by atoms with Crippen molar-refractivity contribution in [3.63, 3.8) is 0 Å². The summed E-state index contributed by atoms with van der Waals surface area (Å²) in [6.45, 7) is 6.09. The molecule has 1 unspecified atom stereocenters. The number of ether oxygens (including phenoxy) is 1. The van der Waals surface area contributed by atoms with E-state index in [-0.39, 0.29) is 17.7 Å². The second-order valence-electron chi connectivity index (χ2n) is 3.67. The van der Waals surface area contributed by atoms with Gasteiger partial charge in [-0.2, -0.15) is 0 Å². The van der Waals surface area contributed by atoms with Gasteiger partial charge in [0.25, 0.3) is 0 Å². The average molecular weight is 227 g/mol. The standard InChI is InChI=1S/C11H18FN3O/c1-5-13-11-10(12)8(3)14-9(15-11)6-7(2)16-4/h7H,5-6H2,1-4H3,(H,13,14,15). The molecule has 0 fully saturated rings. The Hall–Kier alpha value is -1.23. The van der Waals surface area contributed by atoms with Gasteiger partial charge in [-0.05, 0) is 20.8 Å². The Kier molecular flexibility index (Phi) is 4.61. The molecule has 0 aliphatic carbocycles. The second kappa shape index (κ2) is 5.75. The highest BCUT2D eigenvalue weighted by molar-refractivity contribution is 5.37. The lowest BCUT2D eigenvalue weighted by Gasteiger charge is -2.11. The summed E-state index contributed by atoms with van der Waals surface area (Å²) in [5.74, 6) is 0.494. The Balaban J connectivity index is 2.94. The van der Waals surface area contributed by atoms with Crippen molar-refractivity contribution < 1.29 is 9.13 Å². The van der Waals surface area contributed by atoms with E-state index >= 15 is 0 Å². The van der Waals surface area contributed by atoms with Gasteiger partial charge in [0.15, 0.2) is 11.6 Å². The van der Waals surface area contributed by atoms with Crippen molar-refractivity contribution in [1.29, 1.82) is 0 Å². The predicted octanol–water partition coefficient (Wildman–Crippen LogP) is 1.93. The van der Waals surface area contributed by atoms with Crippen molar-refractivity contribution in [3.8, 4) is 0 Å². The second-order valence-corrected chi connectivity index (χ2v) is 3.67. The van der Waals surface area contributed by atoms with Crippen LogP contribution in [0, 0.1) is 12.7 Å². The molecule has 1 rings (SSSR count). The molecule has 0 aliphatic rings. The number of nitrogens with one attached hydrogen (secondary N) is 1. The van der Waals surface area contributed by atoms with Crippen molar-refractivity contribution in [2.75, 3.05) is 19.0 Å². The van der Waals surface area contributed by atoms with Gasteiger partial charge < -0.3 is 10.1 Å². The molecular weight excluding hydrogens is 209 g/mol. The maximum atomic E-state index is 13.6. The molecule has 1 aromatic heterocycles. The van der Waals surface area contributed by atoms with Gasteiger partial charge in [-0.25, -0.2) is 14.4 Å². The number of aryl methyl sites for hydroxylation is 1. The molecule has 90 valence electrons. The molecule has 1 atom stereocenters. The van der Waals surface area contributed by atoms with Crippen LogP contribution < -0.4 is 5.32 Å². The Labute approximate surface area is 95.3 Å². The minimum absolute atomic E-state index is 0.0272. The molecule has 0 aliphatic heterocycles. The summed E-state index contributed by atoms with van der Waals surface area (Å²) in [4.78, 5) is 8.23. The zero-order valence-corrected chi connectivity index (χ0v) is 10.2. The fourth-order valence-electron chi connectivity index (χ4n) is 1.33. The molecule has 1 aromatic rings. The smallest absolute Gasteiger partial charge is 0.186 e. The Bertz CT molecular complexity index is 357. The van der Waals surface area contributed by atoms with Crippen LogP contribution in [-0.4, -0.2) is 29.7 Å². The normalized spacial score (nSPS) is 12.6. The number of aromatic nitrogens is 2. The highest BCUT2D eigenvalue weighted by Crippen LogP contribution is 2.14. The lowest BCUT2D eigenvalue weighted by Crippen LogP contribution is -2.14. The topological polar surface area (TPSA) is 47.0 Å². The van der Waals surface area contributed by atoms with E-state index in [4.69, 9.17) is 4.74 Å². The zero-order valence-electron chi connectivity index (χ0n) is 10.2. The molecule has 5 heteroatoms. The van der Waals surface area contributed by atoms with Gasteiger partial charge >= 0.3 is 0 Å². The van der Waals surface area contributed by atoms with E-state index in [1.807, 2.05) is 13.8 Å². The highest BCUT2D eigenvalue weighted by Gasteiger charge is 2.12. The molecule has 0 saturated carbocycles. The summed E-state index contributed by atoms with van der Waals surface area (Å²) in [7, 11) is 1.63. The third kappa shape index (κ3) is 3.13. The van der Waals surface area contributed by atoms with E-state index in [0.29, 0.717) is 24.5 Å². The van der Waals surface area contributed by atoms with Gasteiger partial charge in [0.1, 0.15) is 5.82 Å². The number of anilines is 1. The first-order valence-corrected chi connectivity index (χ1v) is 5.38. The molecule has 0 radical (unpaired) electrons. The summed E-state index contributed by atoms with van der Waals surface area (Å²) in [5, 5.41) is 2.88. The molecule has 0 bridgehead atoms. The van der Waals surface area contributed by atoms with Gasteiger partial charge in [0, 0.05) is 20.1 Å². The van der Waals surface area contributed by atoms with Gasteiger partial charge in [0.05, 0.1) is 11.8 Å². The molecular formula is C11H18FN3O. The van der Waals surface area contributed by atoms with E-state index in [1.54, 1.807) is 14.0 Å². The van der Waals surface area contributed by atoms with E-state index < -0.39 is 0 Å². The SMILES string of the molecule is CCNc1nc(CC(C)OC)nc(C)c1F. The lowest BCUT2D eigenvalue weighted by atomic mass is 10.2. The first-order chi connectivity index (χ1) is 7.58. The zero-order chi connectivity index (χ0) is 12.1. The molecule has 0 aromatic carbocycles. The number of rotatable bonds is 5. The predicted molar refractivity (Wildman–Crippen MR) is 61.1 cm³/mol. The van der Waals surface area contributed by atoms with Crippen LogP contribution in [0.5, 0.6) is 0 Å². The summed E-state index contributed by atoms with van der Waals surface area (Å²) < 4.78 is 18.7. The van der Waals surface area contributed by atoms with E-state index in [1.165, 1.54) is 0 Å². The summed E-state index contributed by atoms with van der Waals surface area (Å²) >= 11 is 0. The van der Waals surface area contributed by atoms with E-state index in [2.05, 4.69) is 15.3 Å². The fraction of sp³-hybridized carbons (Fsp3) is 0.636. The van der Waals surface area contributed by atoms with Gasteiger partial charge in [0.2, 0.25) is 0 Å². The Morgan fingerprint density at radius 3 is 2.69 bits per heavy atom. The van der Waals surface area contributed by atoms with Crippen molar-refractivity contribution in [2.24, 2.45) is 0 Å². The van der Waals surface area contributed by atoms with Crippen LogP contribution in [0.25, 0.3) is 0 Å². The Morgan fingerprint density at radius 1 is 1.44 bits per heavy atom. The first kappa shape index (κ1) is 12.8. The average Bonchev–Trinajstić information content (AvgIpc) is 2.25.